The Morgan fingerprint density at radius 3 is 1.47 bits per heavy atom. The van der Waals surface area contributed by atoms with Crippen molar-refractivity contribution in [1.29, 1.82) is 0 Å². The second-order valence-electron chi connectivity index (χ2n) is 23.3. The van der Waals surface area contributed by atoms with Gasteiger partial charge in [0, 0.05) is 16.1 Å². The topological polar surface area (TPSA) is 172 Å². The fourth-order valence-electron chi connectivity index (χ4n) is 7.59. The van der Waals surface area contributed by atoms with Gasteiger partial charge in [0.15, 0.2) is 17.4 Å². The molecule has 74 heavy (non-hydrogen) atoms. The van der Waals surface area contributed by atoms with Crippen LogP contribution < -0.4 is 0 Å². The zero-order valence-electron chi connectivity index (χ0n) is 46.6. The fraction of sp³-hybridized carbons (Fsp3) is 0.704. The van der Waals surface area contributed by atoms with Gasteiger partial charge < -0.3 is 56.8 Å². The summed E-state index contributed by atoms with van der Waals surface area (Å²) < 4.78 is 73.0. The average molecular weight is 1080 g/mol. The molecule has 0 N–H and O–H groups in total. The van der Waals surface area contributed by atoms with E-state index < -0.39 is 23.1 Å². The molecule has 4 saturated heterocycles. The van der Waals surface area contributed by atoms with Crippen molar-refractivity contribution in [3.63, 3.8) is 0 Å². The van der Waals surface area contributed by atoms with Crippen molar-refractivity contribution in [2.24, 2.45) is 0 Å². The van der Waals surface area contributed by atoms with Crippen molar-refractivity contribution in [3.8, 4) is 0 Å². The Hall–Kier alpha value is -3.18. The molecule has 4 aliphatic heterocycles. The van der Waals surface area contributed by atoms with Crippen LogP contribution in [0.25, 0.3) is 0 Å². The Morgan fingerprint density at radius 1 is 0.541 bits per heavy atom. The summed E-state index contributed by atoms with van der Waals surface area (Å²) in [5, 5.41) is 9.35. The van der Waals surface area contributed by atoms with Crippen LogP contribution in [0.4, 0.5) is 0 Å². The van der Waals surface area contributed by atoms with E-state index >= 15 is 0 Å². The summed E-state index contributed by atoms with van der Waals surface area (Å²) in [5.41, 5.74) is 1.09. The molecular formula is C54H84Cl2N6O12. The van der Waals surface area contributed by atoms with E-state index in [1.165, 1.54) is 12.7 Å². The van der Waals surface area contributed by atoms with E-state index in [1.54, 1.807) is 34.2 Å². The lowest BCUT2D eigenvalue weighted by Gasteiger charge is -2.29. The van der Waals surface area contributed by atoms with Gasteiger partial charge in [0.25, 0.3) is 0 Å². The molecule has 20 heteroatoms. The molecule has 416 valence electrons. The standard InChI is InChI=1S/C17H23N3O3.C15H20Cl2O3.C12H21N3O3.C10H20O3/c1-16(2,3)21-9-15-10-22-17(23-15,11-20-13-18-12-19-20)14-7-5-4-6-8-14;1-14(2,3)18-8-11-9-19-15(4,20-11)12-6-5-10(16)7-13(12)17;1-11(2,3)16-5-10-6-17-12(4,18-10)7-15-9-13-8-14-15;1-9(2,3)11-6-8-7-12-10(4,5)13-8/h4-8,12-13,15H,9-11H2,1-3H3;5-7,11H,8-9H2,1-4H3;8-10H,5-7H2,1-4H3;8H,6-7H2,1-5H3. The molecule has 6 heterocycles. The molecule has 2 aromatic heterocycles. The van der Waals surface area contributed by atoms with Gasteiger partial charge in [0.1, 0.15) is 56.3 Å². The van der Waals surface area contributed by atoms with E-state index in [-0.39, 0.29) is 46.8 Å². The van der Waals surface area contributed by atoms with Gasteiger partial charge in [-0.2, -0.15) is 10.2 Å². The molecule has 0 amide bonds. The third-order valence-electron chi connectivity index (χ3n) is 11.0. The fourth-order valence-corrected chi connectivity index (χ4v) is 8.17. The van der Waals surface area contributed by atoms with Gasteiger partial charge in [-0.05, 0) is 123 Å². The van der Waals surface area contributed by atoms with Crippen LogP contribution in [0.1, 0.15) is 122 Å². The van der Waals surface area contributed by atoms with Gasteiger partial charge in [-0.1, -0.05) is 59.6 Å². The van der Waals surface area contributed by atoms with Crippen molar-refractivity contribution >= 4 is 23.2 Å². The smallest absolute Gasteiger partial charge is 0.215 e. The first-order valence-corrected chi connectivity index (χ1v) is 26.1. The maximum absolute atomic E-state index is 6.27. The maximum atomic E-state index is 6.27. The number of rotatable bonds is 14. The predicted molar refractivity (Wildman–Crippen MR) is 281 cm³/mol. The van der Waals surface area contributed by atoms with Crippen LogP contribution in [0.5, 0.6) is 0 Å². The van der Waals surface area contributed by atoms with Gasteiger partial charge >= 0.3 is 0 Å². The van der Waals surface area contributed by atoms with E-state index in [2.05, 4.69) is 20.2 Å². The quantitative estimate of drug-likeness (QED) is 0.117. The second-order valence-corrected chi connectivity index (χ2v) is 24.1. The Labute approximate surface area is 449 Å². The van der Waals surface area contributed by atoms with E-state index in [0.717, 1.165) is 11.1 Å². The third kappa shape index (κ3) is 21.3. The molecule has 0 aliphatic carbocycles. The monoisotopic (exact) mass is 1080 g/mol. The van der Waals surface area contributed by atoms with Crippen molar-refractivity contribution in [2.45, 2.75) is 194 Å². The van der Waals surface area contributed by atoms with Crippen LogP contribution in [0.15, 0.2) is 73.8 Å². The highest BCUT2D eigenvalue weighted by Crippen LogP contribution is 2.39. The summed E-state index contributed by atoms with van der Waals surface area (Å²) in [7, 11) is 0. The number of aromatic nitrogens is 6. The highest BCUT2D eigenvalue weighted by atomic mass is 35.5. The first-order chi connectivity index (χ1) is 34.3. The lowest BCUT2D eigenvalue weighted by atomic mass is 10.1. The van der Waals surface area contributed by atoms with Crippen LogP contribution in [-0.2, 0) is 81.5 Å². The first kappa shape index (κ1) is 61.7. The van der Waals surface area contributed by atoms with Crippen LogP contribution >= 0.6 is 23.2 Å². The third-order valence-corrected chi connectivity index (χ3v) is 11.6. The van der Waals surface area contributed by atoms with Gasteiger partial charge in [-0.3, -0.25) is 0 Å². The highest BCUT2D eigenvalue weighted by Gasteiger charge is 2.45. The number of nitrogens with zero attached hydrogens (tertiary/aromatic N) is 6. The van der Waals surface area contributed by atoms with Gasteiger partial charge in [-0.15, -0.1) is 0 Å². The molecule has 2 aromatic carbocycles. The molecule has 4 fully saturated rings. The lowest BCUT2D eigenvalue weighted by molar-refractivity contribution is -0.196. The van der Waals surface area contributed by atoms with E-state index in [4.69, 9.17) is 80.0 Å². The van der Waals surface area contributed by atoms with Crippen molar-refractivity contribution in [1.82, 2.24) is 29.5 Å². The lowest BCUT2D eigenvalue weighted by Crippen LogP contribution is -2.35. The Bertz CT molecular complexity index is 2250. The predicted octanol–water partition coefficient (Wildman–Crippen LogP) is 9.94. The number of hydrogen-bond donors (Lipinski definition) is 0. The summed E-state index contributed by atoms with van der Waals surface area (Å²) in [6, 6.07) is 15.2. The maximum Gasteiger partial charge on any atom is 0.215 e. The summed E-state index contributed by atoms with van der Waals surface area (Å²) in [5.74, 6) is -2.81. The first-order valence-electron chi connectivity index (χ1n) is 25.3. The minimum Gasteiger partial charge on any atom is -0.373 e. The number of hydrogen-bond acceptors (Lipinski definition) is 16. The van der Waals surface area contributed by atoms with Crippen molar-refractivity contribution < 1.29 is 56.8 Å². The Kier molecular flexibility index (Phi) is 21.7. The molecule has 8 rings (SSSR count). The normalized spacial score (nSPS) is 26.9. The molecular weight excluding hydrogens is 996 g/mol. The highest BCUT2D eigenvalue weighted by molar-refractivity contribution is 6.35. The van der Waals surface area contributed by atoms with Crippen LogP contribution in [-0.4, -0.2) is 141 Å². The summed E-state index contributed by atoms with van der Waals surface area (Å²) >= 11 is 12.1. The molecule has 4 aromatic rings. The summed E-state index contributed by atoms with van der Waals surface area (Å²) in [4.78, 5) is 7.89. The zero-order valence-corrected chi connectivity index (χ0v) is 48.2. The van der Waals surface area contributed by atoms with Crippen LogP contribution in [0, 0.1) is 0 Å². The molecule has 0 spiro atoms. The van der Waals surface area contributed by atoms with Crippen molar-refractivity contribution in [2.75, 3.05) is 52.9 Å². The molecule has 7 unspecified atom stereocenters. The van der Waals surface area contributed by atoms with Gasteiger partial charge in [0.2, 0.25) is 5.79 Å². The van der Waals surface area contributed by atoms with Gasteiger partial charge in [-0.25, -0.2) is 19.3 Å². The largest absolute Gasteiger partial charge is 0.373 e. The zero-order chi connectivity index (χ0) is 54.6. The Balaban J connectivity index is 0.000000186. The van der Waals surface area contributed by atoms with E-state index in [1.807, 2.05) is 147 Å². The summed E-state index contributed by atoms with van der Waals surface area (Å²) in [6.45, 7) is 37.2. The van der Waals surface area contributed by atoms with E-state index in [0.29, 0.717) is 76.0 Å². The molecule has 18 nitrogen and oxygen atoms in total. The minimum absolute atomic E-state index is 0.0299. The van der Waals surface area contributed by atoms with Crippen LogP contribution in [0.2, 0.25) is 10.0 Å². The van der Waals surface area contributed by atoms with Crippen LogP contribution in [0.3, 0.4) is 0 Å². The SMILES string of the molecule is CC(C)(C)OCC1COC(C)(C)O1.CC(C)(C)OCC1COC(C)(Cn2cncn2)O1.CC(C)(C)OCC1COC(C)(c2ccc(Cl)cc2Cl)O1.CC(C)(C)OCC1COC(Cn2cncn2)(c2ccccc2)O1. The number of benzene rings is 2. The second kappa shape index (κ2) is 26.0. The molecule has 0 radical (unpaired) electrons. The molecule has 0 saturated carbocycles. The Morgan fingerprint density at radius 2 is 1.00 bits per heavy atom. The molecule has 0 bridgehead atoms. The number of ether oxygens (including phenoxy) is 12. The molecule has 7 atom stereocenters. The van der Waals surface area contributed by atoms with E-state index in [9.17, 15) is 0 Å². The molecule has 4 aliphatic rings. The minimum atomic E-state index is -0.860. The van der Waals surface area contributed by atoms with Gasteiger partial charge in [0.05, 0.1) is 86.8 Å². The number of halogens is 2. The van der Waals surface area contributed by atoms with Crippen molar-refractivity contribution in [3.05, 3.63) is 95.0 Å². The average Bonchev–Trinajstić information content (AvgIpc) is 4.17. The summed E-state index contributed by atoms with van der Waals surface area (Å²) in [6.07, 6.45) is 6.15.